The lowest BCUT2D eigenvalue weighted by Gasteiger charge is -2.19. The van der Waals surface area contributed by atoms with Crippen LogP contribution in [0, 0.1) is 0 Å². The van der Waals surface area contributed by atoms with Gasteiger partial charge in [0.25, 0.3) is 0 Å². The molecule has 15 heavy (non-hydrogen) atoms. The maximum atomic E-state index is 13.3. The van der Waals surface area contributed by atoms with E-state index >= 15 is 0 Å². The largest absolute Gasteiger partial charge is 0.453 e. The Morgan fingerprint density at radius 1 is 1.40 bits per heavy atom. The summed E-state index contributed by atoms with van der Waals surface area (Å²) in [7, 11) is 1.25. The molecule has 0 fully saturated rings. The molecule has 0 aliphatic heterocycles. The van der Waals surface area contributed by atoms with Gasteiger partial charge >= 0.3 is 6.09 Å². The number of alkyl halides is 1. The summed E-state index contributed by atoms with van der Waals surface area (Å²) in [5, 5.41) is 2.45. The van der Waals surface area contributed by atoms with Gasteiger partial charge in [-0.15, -0.1) is 0 Å². The molecule has 1 N–H and O–H groups in total. The summed E-state index contributed by atoms with van der Waals surface area (Å²) >= 11 is 0. The lowest BCUT2D eigenvalue weighted by atomic mass is 10.0. The molecule has 1 amide bonds. The lowest BCUT2D eigenvalue weighted by Crippen LogP contribution is -2.33. The fourth-order valence-corrected chi connectivity index (χ4v) is 1.31. The summed E-state index contributed by atoms with van der Waals surface area (Å²) in [6, 6.07) is 8.28. The fourth-order valence-electron chi connectivity index (χ4n) is 1.31. The molecule has 1 rings (SSSR count). The van der Waals surface area contributed by atoms with E-state index in [9.17, 15) is 9.18 Å². The van der Waals surface area contributed by atoms with Gasteiger partial charge in [0.2, 0.25) is 0 Å². The van der Waals surface area contributed by atoms with Crippen LogP contribution in [0.5, 0.6) is 0 Å². The summed E-state index contributed by atoms with van der Waals surface area (Å²) in [6.45, 7) is 1.40. The second-order valence-corrected chi connectivity index (χ2v) is 3.20. The smallest absolute Gasteiger partial charge is 0.407 e. The van der Waals surface area contributed by atoms with E-state index in [0.717, 1.165) is 5.56 Å². The molecule has 2 atom stereocenters. The van der Waals surface area contributed by atoms with Crippen LogP contribution in [0.25, 0.3) is 0 Å². The van der Waals surface area contributed by atoms with Gasteiger partial charge in [0.1, 0.15) is 6.17 Å². The topological polar surface area (TPSA) is 38.3 Å². The molecule has 4 heteroatoms. The second-order valence-electron chi connectivity index (χ2n) is 3.20. The highest BCUT2D eigenvalue weighted by Gasteiger charge is 2.20. The zero-order valence-electron chi connectivity index (χ0n) is 8.74. The minimum Gasteiger partial charge on any atom is -0.453 e. The second kappa shape index (κ2) is 5.34. The average Bonchev–Trinajstić information content (AvgIpc) is 2.26. The predicted molar refractivity (Wildman–Crippen MR) is 55.3 cm³/mol. The summed E-state index contributed by atoms with van der Waals surface area (Å²) in [4.78, 5) is 11.0. The number of benzene rings is 1. The zero-order valence-corrected chi connectivity index (χ0v) is 8.74. The number of methoxy groups -OCH3 is 1. The zero-order chi connectivity index (χ0) is 11.3. The molecule has 1 aromatic rings. The van der Waals surface area contributed by atoms with Crippen molar-refractivity contribution in [2.75, 3.05) is 7.11 Å². The van der Waals surface area contributed by atoms with Gasteiger partial charge in [-0.05, 0) is 12.5 Å². The lowest BCUT2D eigenvalue weighted by molar-refractivity contribution is 0.157. The first-order valence-corrected chi connectivity index (χ1v) is 4.68. The number of amides is 1. The van der Waals surface area contributed by atoms with Crippen molar-refractivity contribution in [1.29, 1.82) is 0 Å². The minimum atomic E-state index is -1.17. The monoisotopic (exact) mass is 211 g/mol. The highest BCUT2D eigenvalue weighted by atomic mass is 19.1. The SMILES string of the molecule is COC(=O)NC(c1ccccc1)C(C)F. The van der Waals surface area contributed by atoms with Gasteiger partial charge < -0.3 is 10.1 Å². The Morgan fingerprint density at radius 3 is 2.47 bits per heavy atom. The number of hydrogen-bond donors (Lipinski definition) is 1. The molecule has 0 aliphatic rings. The van der Waals surface area contributed by atoms with E-state index in [-0.39, 0.29) is 0 Å². The van der Waals surface area contributed by atoms with Gasteiger partial charge in [0, 0.05) is 0 Å². The van der Waals surface area contributed by atoms with E-state index in [4.69, 9.17) is 0 Å². The summed E-state index contributed by atoms with van der Waals surface area (Å²) in [5.41, 5.74) is 0.720. The highest BCUT2D eigenvalue weighted by molar-refractivity contribution is 5.67. The fraction of sp³-hybridized carbons (Fsp3) is 0.364. The van der Waals surface area contributed by atoms with Crippen LogP contribution in [0.1, 0.15) is 18.5 Å². The Bertz CT molecular complexity index is 314. The van der Waals surface area contributed by atoms with E-state index in [2.05, 4.69) is 10.1 Å². The Labute approximate surface area is 88.2 Å². The molecule has 0 spiro atoms. The first kappa shape index (κ1) is 11.5. The molecule has 3 nitrogen and oxygen atoms in total. The number of nitrogens with one attached hydrogen (secondary N) is 1. The molecule has 0 bridgehead atoms. The van der Waals surface area contributed by atoms with Gasteiger partial charge in [0.15, 0.2) is 0 Å². The van der Waals surface area contributed by atoms with Gasteiger partial charge in [-0.2, -0.15) is 0 Å². The van der Waals surface area contributed by atoms with Crippen molar-refractivity contribution >= 4 is 6.09 Å². The third kappa shape index (κ3) is 3.23. The number of hydrogen-bond acceptors (Lipinski definition) is 2. The first-order chi connectivity index (χ1) is 7.15. The number of ether oxygens (including phenoxy) is 1. The Morgan fingerprint density at radius 2 is 2.00 bits per heavy atom. The predicted octanol–water partition coefficient (Wildman–Crippen LogP) is 2.44. The van der Waals surface area contributed by atoms with Crippen LogP contribution in [0.4, 0.5) is 9.18 Å². The molecule has 0 saturated carbocycles. The normalized spacial score (nSPS) is 14.1. The number of alkyl carbamates (subject to hydrolysis) is 1. The van der Waals surface area contributed by atoms with E-state index in [1.807, 2.05) is 6.07 Å². The van der Waals surface area contributed by atoms with Crippen molar-refractivity contribution in [3.8, 4) is 0 Å². The van der Waals surface area contributed by atoms with Crippen LogP contribution >= 0.6 is 0 Å². The van der Waals surface area contributed by atoms with E-state index in [1.165, 1.54) is 14.0 Å². The van der Waals surface area contributed by atoms with Crippen LogP contribution in [0.2, 0.25) is 0 Å². The number of carbonyl (C=O) groups excluding carboxylic acids is 1. The molecule has 82 valence electrons. The average molecular weight is 211 g/mol. The van der Waals surface area contributed by atoms with Crippen molar-refractivity contribution in [3.05, 3.63) is 35.9 Å². The van der Waals surface area contributed by atoms with Crippen molar-refractivity contribution in [3.63, 3.8) is 0 Å². The third-order valence-electron chi connectivity index (χ3n) is 2.08. The Balaban J connectivity index is 2.79. The van der Waals surface area contributed by atoms with Gasteiger partial charge in [-0.25, -0.2) is 9.18 Å². The van der Waals surface area contributed by atoms with Gasteiger partial charge in [-0.3, -0.25) is 0 Å². The number of rotatable bonds is 3. The maximum absolute atomic E-state index is 13.3. The molecule has 0 aromatic heterocycles. The van der Waals surface area contributed by atoms with Crippen LogP contribution in [-0.4, -0.2) is 19.4 Å². The number of halogens is 1. The van der Waals surface area contributed by atoms with Crippen molar-refractivity contribution in [2.45, 2.75) is 19.1 Å². The number of carbonyl (C=O) groups is 1. The highest BCUT2D eigenvalue weighted by Crippen LogP contribution is 2.18. The quantitative estimate of drug-likeness (QED) is 0.833. The molecule has 0 heterocycles. The molecule has 1 aromatic carbocycles. The Hall–Kier alpha value is -1.58. The molecule has 0 radical (unpaired) electrons. The van der Waals surface area contributed by atoms with Crippen molar-refractivity contribution < 1.29 is 13.9 Å². The van der Waals surface area contributed by atoms with Crippen LogP contribution in [0.15, 0.2) is 30.3 Å². The standard InChI is InChI=1S/C11H14FNO2/c1-8(12)10(13-11(14)15-2)9-6-4-3-5-7-9/h3-8,10H,1-2H3,(H,13,14). The molecular weight excluding hydrogens is 197 g/mol. The van der Waals surface area contributed by atoms with Gasteiger partial charge in [0.05, 0.1) is 13.2 Å². The van der Waals surface area contributed by atoms with Crippen molar-refractivity contribution in [2.24, 2.45) is 0 Å². The minimum absolute atomic E-state index is 0.631. The first-order valence-electron chi connectivity index (χ1n) is 4.68. The van der Waals surface area contributed by atoms with E-state index in [0.29, 0.717) is 0 Å². The summed E-state index contributed by atoms with van der Waals surface area (Å²) in [6.07, 6.45) is -1.81. The Kier molecular flexibility index (Phi) is 4.09. The third-order valence-corrected chi connectivity index (χ3v) is 2.08. The molecule has 0 aliphatic carbocycles. The van der Waals surface area contributed by atoms with Crippen molar-refractivity contribution in [1.82, 2.24) is 5.32 Å². The van der Waals surface area contributed by atoms with Crippen LogP contribution in [0.3, 0.4) is 0 Å². The molecule has 0 saturated heterocycles. The molecule has 2 unspecified atom stereocenters. The van der Waals surface area contributed by atoms with Crippen LogP contribution in [-0.2, 0) is 4.74 Å². The molecular formula is C11H14FNO2. The van der Waals surface area contributed by atoms with E-state index in [1.54, 1.807) is 24.3 Å². The van der Waals surface area contributed by atoms with Crippen LogP contribution < -0.4 is 5.32 Å². The summed E-state index contributed by atoms with van der Waals surface area (Å²) < 4.78 is 17.7. The van der Waals surface area contributed by atoms with E-state index < -0.39 is 18.3 Å². The maximum Gasteiger partial charge on any atom is 0.407 e. The summed E-state index contributed by atoms with van der Waals surface area (Å²) in [5.74, 6) is 0. The van der Waals surface area contributed by atoms with Gasteiger partial charge in [-0.1, -0.05) is 30.3 Å².